The highest BCUT2D eigenvalue weighted by Crippen LogP contribution is 2.46. The number of nitrogens with zero attached hydrogens (tertiary/aromatic N) is 3. The maximum absolute atomic E-state index is 14.6. The van der Waals surface area contributed by atoms with Crippen molar-refractivity contribution in [3.8, 4) is 22.2 Å². The van der Waals surface area contributed by atoms with Gasteiger partial charge in [-0.2, -0.15) is 0 Å². The van der Waals surface area contributed by atoms with Gasteiger partial charge in [-0.25, -0.2) is 19.6 Å². The third-order valence-corrected chi connectivity index (χ3v) is 11.8. The van der Waals surface area contributed by atoms with Crippen LogP contribution in [0.5, 0.6) is 11.5 Å². The number of hydrogen-bond acceptors (Lipinski definition) is 11. The molecule has 5 atom stereocenters. The standard InChI is InChI=1S/C41H51N5O8S/c1-6-52-38(49)41-22-24(41)13-10-8-7-9-11-14-29(44-39(50)54-40(2,3)4)37(48)46-23-26(20-32(46)35(47)45-41)53-33-21-31(36-43-28-15-12-16-34(28)55-36)42-30-19-25(51-5)17-18-27(30)33/h10,13,17-19,21,24,26,29,32H,6-9,11-12,14-16,20,22-23H2,1-5H3,(H,44,50)(H,45,47)/b13-10-/t24-,26?,29+,32+,41-/m1/s1. The SMILES string of the molecule is CCOC(=O)[C@@]12C[C@H]1/C=C\CCCCC[C@H](NC(=O)OC(C)(C)C)C(=O)N1CC(Oc3cc(-c4nc5c(s4)CCC5)nc4cc(OC)ccc34)C[C@H]1C(=O)N2. The molecule has 0 spiro atoms. The lowest BCUT2D eigenvalue weighted by Gasteiger charge is -2.30. The summed E-state index contributed by atoms with van der Waals surface area (Å²) in [5, 5.41) is 7.38. The Labute approximate surface area is 325 Å². The molecule has 0 radical (unpaired) electrons. The van der Waals surface area contributed by atoms with Crippen LogP contribution in [0.25, 0.3) is 21.6 Å². The third kappa shape index (κ3) is 8.44. The smallest absolute Gasteiger partial charge is 0.408 e. The largest absolute Gasteiger partial charge is 0.497 e. The van der Waals surface area contributed by atoms with Crippen molar-refractivity contribution >= 4 is 46.1 Å². The summed E-state index contributed by atoms with van der Waals surface area (Å²) in [7, 11) is 1.60. The summed E-state index contributed by atoms with van der Waals surface area (Å²) in [4.78, 5) is 68.0. The Morgan fingerprint density at radius 1 is 1.09 bits per heavy atom. The minimum atomic E-state index is -1.21. The number of fused-ring (bicyclic) bond motifs is 4. The highest BCUT2D eigenvalue weighted by Gasteiger charge is 2.62. The quantitative estimate of drug-likeness (QED) is 0.214. The molecule has 3 aromatic rings. The maximum Gasteiger partial charge on any atom is 0.408 e. The normalized spacial score (nSPS) is 26.1. The zero-order chi connectivity index (χ0) is 38.9. The van der Waals surface area contributed by atoms with Crippen LogP contribution in [0.4, 0.5) is 4.79 Å². The second-order valence-electron chi connectivity index (χ2n) is 15.9. The predicted octanol–water partition coefficient (Wildman–Crippen LogP) is 6.06. The molecule has 2 aromatic heterocycles. The van der Waals surface area contributed by atoms with E-state index in [0.717, 1.165) is 54.6 Å². The average molecular weight is 774 g/mol. The third-order valence-electron chi connectivity index (χ3n) is 10.7. The van der Waals surface area contributed by atoms with Crippen molar-refractivity contribution in [2.75, 3.05) is 20.3 Å². The monoisotopic (exact) mass is 773 g/mol. The van der Waals surface area contributed by atoms with Crippen molar-refractivity contribution in [1.29, 1.82) is 0 Å². The molecule has 1 saturated carbocycles. The van der Waals surface area contributed by atoms with Gasteiger partial charge in [0.1, 0.15) is 51.5 Å². The molecule has 0 bridgehead atoms. The van der Waals surface area contributed by atoms with E-state index in [1.54, 1.807) is 46.1 Å². The van der Waals surface area contributed by atoms with Gasteiger partial charge in [0, 0.05) is 34.7 Å². The first-order valence-electron chi connectivity index (χ1n) is 19.5. The molecule has 7 rings (SSSR count). The van der Waals surface area contributed by atoms with Crippen LogP contribution < -0.4 is 20.1 Å². The van der Waals surface area contributed by atoms with Crippen LogP contribution in [-0.4, -0.2) is 88.3 Å². The first-order chi connectivity index (χ1) is 26.4. The number of alkyl carbamates (subject to hydrolysis) is 1. The molecule has 14 heteroatoms. The van der Waals surface area contributed by atoms with Crippen molar-refractivity contribution < 1.29 is 38.1 Å². The van der Waals surface area contributed by atoms with E-state index in [4.69, 9.17) is 28.9 Å². The number of hydrogen-bond donors (Lipinski definition) is 2. The molecule has 294 valence electrons. The highest BCUT2D eigenvalue weighted by atomic mass is 32.1. The summed E-state index contributed by atoms with van der Waals surface area (Å²) in [6.45, 7) is 7.26. The fourth-order valence-corrected chi connectivity index (χ4v) is 8.94. The zero-order valence-corrected chi connectivity index (χ0v) is 33.1. The molecule has 2 aliphatic carbocycles. The summed E-state index contributed by atoms with van der Waals surface area (Å²) in [5.41, 5.74) is 0.459. The highest BCUT2D eigenvalue weighted by molar-refractivity contribution is 7.15. The number of carbonyl (C=O) groups is 4. The number of allylic oxidation sites excluding steroid dienone is 1. The van der Waals surface area contributed by atoms with Gasteiger partial charge in [0.2, 0.25) is 11.8 Å². The summed E-state index contributed by atoms with van der Waals surface area (Å²) >= 11 is 1.64. The van der Waals surface area contributed by atoms with Crippen LogP contribution in [0.2, 0.25) is 0 Å². The van der Waals surface area contributed by atoms with E-state index < -0.39 is 53.2 Å². The Hall–Kier alpha value is -4.72. The summed E-state index contributed by atoms with van der Waals surface area (Å²) in [5.74, 6) is -0.412. The van der Waals surface area contributed by atoms with E-state index in [2.05, 4.69) is 10.6 Å². The molecule has 55 heavy (non-hydrogen) atoms. The number of pyridine rings is 1. The van der Waals surface area contributed by atoms with E-state index in [-0.39, 0.29) is 25.5 Å². The number of aromatic nitrogens is 2. The number of amides is 3. The van der Waals surface area contributed by atoms with E-state index >= 15 is 0 Å². The number of aryl methyl sites for hydroxylation is 2. The van der Waals surface area contributed by atoms with Gasteiger partial charge >= 0.3 is 12.1 Å². The van der Waals surface area contributed by atoms with E-state index in [0.29, 0.717) is 42.0 Å². The Kier molecular flexibility index (Phi) is 11.1. The zero-order valence-electron chi connectivity index (χ0n) is 32.3. The number of esters is 1. The lowest BCUT2D eigenvalue weighted by molar-refractivity contribution is -0.150. The molecule has 1 saturated heterocycles. The number of benzene rings is 1. The van der Waals surface area contributed by atoms with Crippen LogP contribution in [-0.2, 0) is 36.7 Å². The average Bonchev–Trinajstić information content (AvgIpc) is 3.46. The topological polar surface area (TPSA) is 158 Å². The van der Waals surface area contributed by atoms with Crippen LogP contribution in [0.3, 0.4) is 0 Å². The lowest BCUT2D eigenvalue weighted by atomic mass is 10.0. The van der Waals surface area contributed by atoms with Crippen molar-refractivity contribution in [3.05, 3.63) is 47.0 Å². The van der Waals surface area contributed by atoms with Crippen molar-refractivity contribution in [2.45, 2.75) is 121 Å². The van der Waals surface area contributed by atoms with Gasteiger partial charge in [0.25, 0.3) is 0 Å². The van der Waals surface area contributed by atoms with Crippen LogP contribution in [0.15, 0.2) is 36.4 Å². The molecule has 1 aromatic carbocycles. The van der Waals surface area contributed by atoms with E-state index in [9.17, 15) is 19.2 Å². The Morgan fingerprint density at radius 3 is 2.69 bits per heavy atom. The number of methoxy groups -OCH3 is 1. The first-order valence-corrected chi connectivity index (χ1v) is 20.3. The van der Waals surface area contributed by atoms with Gasteiger partial charge in [-0.1, -0.05) is 25.0 Å². The molecular weight excluding hydrogens is 723 g/mol. The number of ether oxygens (including phenoxy) is 4. The van der Waals surface area contributed by atoms with Crippen molar-refractivity contribution in [2.24, 2.45) is 5.92 Å². The van der Waals surface area contributed by atoms with Gasteiger partial charge in [-0.05, 0) is 84.8 Å². The second-order valence-corrected chi connectivity index (χ2v) is 17.0. The summed E-state index contributed by atoms with van der Waals surface area (Å²) in [6.07, 6.45) is 9.86. The number of carbonyl (C=O) groups excluding carboxylic acids is 4. The molecule has 1 unspecified atom stereocenters. The van der Waals surface area contributed by atoms with Crippen LogP contribution >= 0.6 is 11.3 Å². The Balaban J connectivity index is 1.22. The predicted molar refractivity (Wildman–Crippen MR) is 207 cm³/mol. The van der Waals surface area contributed by atoms with E-state index in [1.165, 1.54) is 9.78 Å². The van der Waals surface area contributed by atoms with Gasteiger partial charge in [-0.3, -0.25) is 9.59 Å². The summed E-state index contributed by atoms with van der Waals surface area (Å²) < 4.78 is 23.3. The minimum Gasteiger partial charge on any atom is -0.497 e. The van der Waals surface area contributed by atoms with E-state index in [1.807, 2.05) is 36.4 Å². The molecule has 2 N–H and O–H groups in total. The molecular formula is C41H51N5O8S. The molecule has 2 aliphatic heterocycles. The van der Waals surface area contributed by atoms with Crippen molar-refractivity contribution in [1.82, 2.24) is 25.5 Å². The fraction of sp³-hybridized carbons (Fsp3) is 0.561. The molecule has 4 heterocycles. The van der Waals surface area contributed by atoms with Crippen LogP contribution in [0.1, 0.15) is 89.6 Å². The number of nitrogens with one attached hydrogen (secondary N) is 2. The first kappa shape index (κ1) is 38.6. The van der Waals surface area contributed by atoms with Gasteiger partial charge in [-0.15, -0.1) is 11.3 Å². The van der Waals surface area contributed by atoms with Gasteiger partial charge < -0.3 is 34.5 Å². The Morgan fingerprint density at radius 2 is 1.93 bits per heavy atom. The molecule has 2 fully saturated rings. The molecule has 4 aliphatic rings. The van der Waals surface area contributed by atoms with Gasteiger partial charge in [0.15, 0.2) is 0 Å². The van der Waals surface area contributed by atoms with Gasteiger partial charge in [0.05, 0.1) is 31.5 Å². The summed E-state index contributed by atoms with van der Waals surface area (Å²) in [6, 6.07) is 5.53. The maximum atomic E-state index is 14.6. The lowest BCUT2D eigenvalue weighted by Crippen LogP contribution is -2.56. The number of rotatable bonds is 7. The minimum absolute atomic E-state index is 0.0695. The molecule has 3 amide bonds. The van der Waals surface area contributed by atoms with Crippen LogP contribution in [0, 0.1) is 5.92 Å². The molecule has 13 nitrogen and oxygen atoms in total. The fourth-order valence-electron chi connectivity index (χ4n) is 7.83. The number of thiazole rings is 1. The van der Waals surface area contributed by atoms with Crippen molar-refractivity contribution in [3.63, 3.8) is 0 Å². The Bertz CT molecular complexity index is 1970. The second kappa shape index (κ2) is 15.8.